The fourth-order valence-corrected chi connectivity index (χ4v) is 2.52. The Bertz CT molecular complexity index is 699. The van der Waals surface area contributed by atoms with Crippen LogP contribution < -0.4 is 11.1 Å². The van der Waals surface area contributed by atoms with Crippen molar-refractivity contribution >= 4 is 45.7 Å². The third-order valence-electron chi connectivity index (χ3n) is 2.57. The van der Waals surface area contributed by atoms with Crippen molar-refractivity contribution in [3.05, 3.63) is 40.0 Å². The van der Waals surface area contributed by atoms with Crippen LogP contribution in [0.2, 0.25) is 5.02 Å². The predicted octanol–water partition coefficient (Wildman–Crippen LogP) is 2.64. The van der Waals surface area contributed by atoms with E-state index in [0.717, 1.165) is 11.5 Å². The fourth-order valence-electron chi connectivity index (χ4n) is 1.55. The summed E-state index contributed by atoms with van der Waals surface area (Å²) in [5, 5.41) is 12.0. The van der Waals surface area contributed by atoms with E-state index in [4.69, 9.17) is 22.4 Å². The van der Waals surface area contributed by atoms with E-state index in [0.29, 0.717) is 11.4 Å². The number of carboxylic acid groups (broad SMARTS) is 1. The maximum absolute atomic E-state index is 12.0. The Kier molecular flexibility index (Phi) is 3.91. The first-order chi connectivity index (χ1) is 9.40. The van der Waals surface area contributed by atoms with Crippen LogP contribution in [0.4, 0.5) is 10.7 Å². The van der Waals surface area contributed by atoms with Crippen LogP contribution in [0.15, 0.2) is 18.2 Å². The molecule has 0 unspecified atom stereocenters. The average molecular weight is 312 g/mol. The van der Waals surface area contributed by atoms with Crippen molar-refractivity contribution in [2.75, 3.05) is 11.1 Å². The smallest absolute Gasteiger partial charge is 0.340 e. The minimum absolute atomic E-state index is 0.00936. The highest BCUT2D eigenvalue weighted by atomic mass is 35.5. The second-order valence-electron chi connectivity index (χ2n) is 3.97. The maximum Gasteiger partial charge on any atom is 0.340 e. The van der Waals surface area contributed by atoms with Crippen molar-refractivity contribution in [2.45, 2.75) is 6.92 Å². The number of hydrogen-bond acceptors (Lipinski definition) is 5. The number of anilines is 2. The highest BCUT2D eigenvalue weighted by Crippen LogP contribution is 2.26. The Morgan fingerprint density at radius 2 is 2.15 bits per heavy atom. The minimum atomic E-state index is -1.14. The number of nitrogens with one attached hydrogen (secondary N) is 1. The Balaban J connectivity index is 2.28. The molecule has 0 aliphatic rings. The Labute approximate surface area is 123 Å². The summed E-state index contributed by atoms with van der Waals surface area (Å²) in [7, 11) is 0. The zero-order chi connectivity index (χ0) is 14.9. The van der Waals surface area contributed by atoms with Crippen LogP contribution in [0.25, 0.3) is 0 Å². The highest BCUT2D eigenvalue weighted by molar-refractivity contribution is 7.11. The normalized spacial score (nSPS) is 10.3. The van der Waals surface area contributed by atoms with Gasteiger partial charge in [-0.2, -0.15) is 4.37 Å². The number of hydrogen-bond donors (Lipinski definition) is 3. The molecule has 104 valence electrons. The van der Waals surface area contributed by atoms with Gasteiger partial charge in [-0.15, -0.1) is 0 Å². The van der Waals surface area contributed by atoms with Gasteiger partial charge >= 0.3 is 5.97 Å². The molecule has 0 saturated heterocycles. The highest BCUT2D eigenvalue weighted by Gasteiger charge is 2.20. The monoisotopic (exact) mass is 311 g/mol. The molecule has 6 nitrogen and oxygen atoms in total. The van der Waals surface area contributed by atoms with E-state index in [2.05, 4.69) is 9.69 Å². The van der Waals surface area contributed by atoms with Crippen molar-refractivity contribution in [1.29, 1.82) is 0 Å². The van der Waals surface area contributed by atoms with Gasteiger partial charge in [-0.05, 0) is 36.7 Å². The van der Waals surface area contributed by atoms with Gasteiger partial charge in [-0.1, -0.05) is 11.6 Å². The topological polar surface area (TPSA) is 105 Å². The molecule has 4 N–H and O–H groups in total. The number of benzene rings is 1. The van der Waals surface area contributed by atoms with Gasteiger partial charge in [0, 0.05) is 5.56 Å². The Hall–Kier alpha value is -2.12. The van der Waals surface area contributed by atoms with Gasteiger partial charge < -0.3 is 16.2 Å². The summed E-state index contributed by atoms with van der Waals surface area (Å²) in [5.74, 6) is -1.61. The number of halogens is 1. The van der Waals surface area contributed by atoms with E-state index >= 15 is 0 Å². The molecule has 2 aromatic rings. The molecule has 0 radical (unpaired) electrons. The van der Waals surface area contributed by atoms with Gasteiger partial charge in [0.05, 0.1) is 16.4 Å². The molecule has 1 amide bonds. The number of carbonyl (C=O) groups is 2. The lowest BCUT2D eigenvalue weighted by Gasteiger charge is -2.05. The zero-order valence-electron chi connectivity index (χ0n) is 10.3. The van der Waals surface area contributed by atoms with Gasteiger partial charge in [0.25, 0.3) is 5.91 Å². The van der Waals surface area contributed by atoms with Gasteiger partial charge in [0.15, 0.2) is 0 Å². The van der Waals surface area contributed by atoms with E-state index in [1.54, 1.807) is 6.92 Å². The van der Waals surface area contributed by atoms with E-state index in [-0.39, 0.29) is 21.2 Å². The number of aryl methyl sites for hydroxylation is 1. The zero-order valence-corrected chi connectivity index (χ0v) is 11.9. The van der Waals surface area contributed by atoms with Crippen LogP contribution in [0.5, 0.6) is 0 Å². The molecule has 8 heteroatoms. The molecule has 0 atom stereocenters. The second-order valence-corrected chi connectivity index (χ2v) is 5.15. The molecular formula is C12H10ClN3O3S. The van der Waals surface area contributed by atoms with Crippen LogP contribution in [0.1, 0.15) is 26.4 Å². The lowest BCUT2D eigenvalue weighted by atomic mass is 10.2. The largest absolute Gasteiger partial charge is 0.478 e. The SMILES string of the molecule is Cc1nsc(NC(=O)c2ccc(N)c(Cl)c2)c1C(=O)O. The number of carbonyl (C=O) groups excluding carboxylic acids is 1. The van der Waals surface area contributed by atoms with Crippen LogP contribution in [-0.2, 0) is 0 Å². The van der Waals surface area contributed by atoms with Crippen molar-refractivity contribution in [1.82, 2.24) is 4.37 Å². The number of rotatable bonds is 3. The Morgan fingerprint density at radius 3 is 2.75 bits per heavy atom. The first-order valence-corrected chi connectivity index (χ1v) is 6.61. The molecule has 0 fully saturated rings. The van der Waals surface area contributed by atoms with E-state index in [1.165, 1.54) is 18.2 Å². The predicted molar refractivity (Wildman–Crippen MR) is 77.6 cm³/mol. The maximum atomic E-state index is 12.0. The second kappa shape index (κ2) is 5.48. The van der Waals surface area contributed by atoms with Crippen molar-refractivity contribution in [3.8, 4) is 0 Å². The summed E-state index contributed by atoms with van der Waals surface area (Å²) < 4.78 is 3.92. The first-order valence-electron chi connectivity index (χ1n) is 5.46. The molecule has 20 heavy (non-hydrogen) atoms. The number of aromatic carboxylic acids is 1. The molecule has 1 heterocycles. The number of nitrogens with zero attached hydrogens (tertiary/aromatic N) is 1. The molecule has 0 aliphatic carbocycles. The summed E-state index contributed by atoms with van der Waals surface area (Å²) in [6.07, 6.45) is 0. The summed E-state index contributed by atoms with van der Waals surface area (Å²) in [5.41, 5.74) is 6.55. The third-order valence-corrected chi connectivity index (χ3v) is 3.75. The van der Waals surface area contributed by atoms with Crippen LogP contribution >= 0.6 is 23.1 Å². The summed E-state index contributed by atoms with van der Waals surface area (Å²) >= 11 is 6.75. The van der Waals surface area contributed by atoms with Crippen molar-refractivity contribution < 1.29 is 14.7 Å². The lowest BCUT2D eigenvalue weighted by molar-refractivity contribution is 0.0697. The van der Waals surface area contributed by atoms with Gasteiger partial charge in [-0.25, -0.2) is 4.79 Å². The van der Waals surface area contributed by atoms with Gasteiger partial charge in [-0.3, -0.25) is 4.79 Å². The Morgan fingerprint density at radius 1 is 1.45 bits per heavy atom. The van der Waals surface area contributed by atoms with Crippen LogP contribution in [0.3, 0.4) is 0 Å². The lowest BCUT2D eigenvalue weighted by Crippen LogP contribution is -2.13. The quantitative estimate of drug-likeness (QED) is 0.756. The molecule has 0 bridgehead atoms. The molecule has 2 rings (SSSR count). The minimum Gasteiger partial charge on any atom is -0.478 e. The molecule has 1 aromatic heterocycles. The molecule has 0 saturated carbocycles. The molecule has 0 aliphatic heterocycles. The van der Waals surface area contributed by atoms with Gasteiger partial charge in [0.1, 0.15) is 10.6 Å². The third kappa shape index (κ3) is 2.73. The van der Waals surface area contributed by atoms with Crippen LogP contribution in [-0.4, -0.2) is 21.4 Å². The van der Waals surface area contributed by atoms with Crippen molar-refractivity contribution in [2.24, 2.45) is 0 Å². The average Bonchev–Trinajstić information content (AvgIpc) is 2.73. The number of nitrogen functional groups attached to an aromatic ring is 1. The van der Waals surface area contributed by atoms with E-state index in [9.17, 15) is 9.59 Å². The summed E-state index contributed by atoms with van der Waals surface area (Å²) in [6, 6.07) is 4.43. The van der Waals surface area contributed by atoms with E-state index in [1.807, 2.05) is 0 Å². The van der Waals surface area contributed by atoms with Gasteiger partial charge in [0.2, 0.25) is 0 Å². The molecule has 0 spiro atoms. The standard InChI is InChI=1S/C12H10ClN3O3S/c1-5-9(12(18)19)11(20-16-5)15-10(17)6-2-3-8(14)7(13)4-6/h2-4H,14H2,1H3,(H,15,17)(H,18,19). The molecule has 1 aromatic carbocycles. The first kappa shape index (κ1) is 14.3. The number of aromatic nitrogens is 1. The van der Waals surface area contributed by atoms with Crippen LogP contribution in [0, 0.1) is 6.92 Å². The number of nitrogens with two attached hydrogens (primary N) is 1. The number of carboxylic acids is 1. The van der Waals surface area contributed by atoms with Crippen molar-refractivity contribution in [3.63, 3.8) is 0 Å². The molecular weight excluding hydrogens is 302 g/mol. The fraction of sp³-hybridized carbons (Fsp3) is 0.0833. The van der Waals surface area contributed by atoms with E-state index < -0.39 is 11.9 Å². The summed E-state index contributed by atoms with van der Waals surface area (Å²) in [6.45, 7) is 1.57. The number of amides is 1. The summed E-state index contributed by atoms with van der Waals surface area (Å²) in [4.78, 5) is 23.1.